The number of aromatic nitrogens is 2. The lowest BCUT2D eigenvalue weighted by atomic mass is 10.00. The zero-order chi connectivity index (χ0) is 31.6. The van der Waals surface area contributed by atoms with Crippen LogP contribution in [0.1, 0.15) is 33.2 Å². The second kappa shape index (κ2) is 12.9. The average molecular weight is 662 g/mol. The van der Waals surface area contributed by atoms with Gasteiger partial charge in [-0.3, -0.25) is 14.5 Å². The summed E-state index contributed by atoms with van der Waals surface area (Å²) < 4.78 is 6.63. The lowest BCUT2D eigenvalue weighted by Crippen LogP contribution is -2.29. The number of benzene rings is 4. The molecule has 1 saturated heterocycles. The van der Waals surface area contributed by atoms with Crippen LogP contribution in [0.15, 0.2) is 118 Å². The summed E-state index contributed by atoms with van der Waals surface area (Å²) in [6.07, 6.45) is 0. The Kier molecular flexibility index (Phi) is 8.40. The molecule has 7 nitrogen and oxygen atoms in total. The molecular weight excluding hydrogens is 635 g/mol. The minimum atomic E-state index is -0.833. The molecule has 2 aromatic heterocycles. The van der Waals surface area contributed by atoms with Crippen LogP contribution < -0.4 is 9.64 Å². The number of nitrogens with zero attached hydrogens (tertiary/aromatic N) is 3. The lowest BCUT2D eigenvalue weighted by Gasteiger charge is -2.20. The minimum absolute atomic E-state index is 0.0150. The fraction of sp³-hybridized carbons (Fsp3) is 0.111. The Balaban J connectivity index is 1.15. The monoisotopic (exact) mass is 661 g/mol. The average Bonchev–Trinajstić information content (AvgIpc) is 3.84. The molecule has 0 saturated carbocycles. The fourth-order valence-electron chi connectivity index (χ4n) is 5.46. The Morgan fingerprint density at radius 2 is 1.65 bits per heavy atom. The second-order valence-electron chi connectivity index (χ2n) is 10.7. The van der Waals surface area contributed by atoms with Crippen molar-refractivity contribution in [1.29, 1.82) is 0 Å². The molecule has 1 aliphatic rings. The van der Waals surface area contributed by atoms with Gasteiger partial charge in [0.25, 0.3) is 5.78 Å². The van der Waals surface area contributed by atoms with E-state index >= 15 is 0 Å². The van der Waals surface area contributed by atoms with Crippen LogP contribution in [-0.4, -0.2) is 27.0 Å². The number of Topliss-reactive ketones (excluding diaryl/α,β-unsaturated/α-hetero) is 1. The van der Waals surface area contributed by atoms with Crippen LogP contribution in [0, 0.1) is 6.92 Å². The Hall–Kier alpha value is -4.77. The quantitative estimate of drug-likeness (QED) is 0.0546. The van der Waals surface area contributed by atoms with Gasteiger partial charge in [0.15, 0.2) is 4.34 Å². The molecule has 1 fully saturated rings. The van der Waals surface area contributed by atoms with E-state index in [1.165, 1.54) is 55.7 Å². The van der Waals surface area contributed by atoms with Crippen LogP contribution >= 0.6 is 34.4 Å². The van der Waals surface area contributed by atoms with Gasteiger partial charge in [-0.15, -0.1) is 21.5 Å². The van der Waals surface area contributed by atoms with Crippen LogP contribution in [-0.2, 0) is 21.9 Å². The van der Waals surface area contributed by atoms with E-state index in [0.29, 0.717) is 33.1 Å². The van der Waals surface area contributed by atoms with Crippen molar-refractivity contribution < 1.29 is 19.4 Å². The molecule has 0 aliphatic carbocycles. The molecular formula is C36H27N3O4S3. The van der Waals surface area contributed by atoms with Crippen molar-refractivity contribution in [3.8, 4) is 5.75 Å². The highest BCUT2D eigenvalue weighted by Crippen LogP contribution is 2.45. The van der Waals surface area contributed by atoms with Crippen molar-refractivity contribution in [2.24, 2.45) is 0 Å². The number of hydrogen-bond donors (Lipinski definition) is 1. The Bertz CT molecular complexity index is 2080. The third-order valence-corrected chi connectivity index (χ3v) is 10.9. The van der Waals surface area contributed by atoms with Crippen LogP contribution in [0.25, 0.3) is 16.5 Å². The maximum atomic E-state index is 13.5. The summed E-state index contributed by atoms with van der Waals surface area (Å²) in [5.74, 6) is -0.471. The molecule has 1 aliphatic heterocycles. The highest BCUT2D eigenvalue weighted by atomic mass is 32.2. The Labute approximate surface area is 277 Å². The molecule has 0 bridgehead atoms. The van der Waals surface area contributed by atoms with E-state index in [2.05, 4.69) is 34.5 Å². The van der Waals surface area contributed by atoms with Gasteiger partial charge in [0, 0.05) is 16.2 Å². The Morgan fingerprint density at radius 1 is 0.891 bits per heavy atom. The molecule has 1 N–H and O–H groups in total. The zero-order valence-electron chi connectivity index (χ0n) is 24.6. The predicted octanol–water partition coefficient (Wildman–Crippen LogP) is 8.56. The standard InChI is InChI=1S/C36H27N3O4S3/c1-22-8-2-3-10-25(22)20-43-27-17-15-24(16-18-27)32(40)30-31(29-14-7-19-44-29)39(34(42)33(30)41)35-37-38-36(46-35)45-21-26-12-6-11-23-9-4-5-13-28(23)26/h2-19,31,40H,20-21H2,1H3. The molecule has 228 valence electrons. The van der Waals surface area contributed by atoms with Crippen LogP contribution in [0.2, 0.25) is 0 Å². The van der Waals surface area contributed by atoms with E-state index in [1.807, 2.05) is 66.9 Å². The summed E-state index contributed by atoms with van der Waals surface area (Å²) in [5, 5.41) is 24.7. The molecule has 0 spiro atoms. The first-order valence-electron chi connectivity index (χ1n) is 14.5. The second-order valence-corrected chi connectivity index (χ2v) is 13.9. The number of thioether (sulfide) groups is 1. The van der Waals surface area contributed by atoms with Crippen molar-refractivity contribution in [3.05, 3.63) is 141 Å². The number of carbonyl (C=O) groups is 2. The van der Waals surface area contributed by atoms with Crippen LogP contribution in [0.5, 0.6) is 5.75 Å². The van der Waals surface area contributed by atoms with Crippen LogP contribution in [0.3, 0.4) is 0 Å². The van der Waals surface area contributed by atoms with Gasteiger partial charge < -0.3 is 9.84 Å². The number of ketones is 1. The summed E-state index contributed by atoms with van der Waals surface area (Å²) in [5.41, 5.74) is 3.82. The topological polar surface area (TPSA) is 92.6 Å². The number of thiophene rings is 1. The number of aryl methyl sites for hydroxylation is 1. The van der Waals surface area contributed by atoms with Gasteiger partial charge in [0.1, 0.15) is 24.2 Å². The summed E-state index contributed by atoms with van der Waals surface area (Å²) >= 11 is 4.19. The number of rotatable bonds is 9. The number of ether oxygens (including phenoxy) is 1. The number of amides is 1. The van der Waals surface area contributed by atoms with Gasteiger partial charge in [0.05, 0.1) is 5.57 Å². The highest BCUT2D eigenvalue weighted by Gasteiger charge is 2.48. The van der Waals surface area contributed by atoms with Crippen molar-refractivity contribution in [2.75, 3.05) is 4.90 Å². The summed E-state index contributed by atoms with van der Waals surface area (Å²) in [6.45, 7) is 2.44. The van der Waals surface area contributed by atoms with Gasteiger partial charge in [0.2, 0.25) is 5.13 Å². The lowest BCUT2D eigenvalue weighted by molar-refractivity contribution is -0.132. The van der Waals surface area contributed by atoms with Crippen molar-refractivity contribution in [3.63, 3.8) is 0 Å². The van der Waals surface area contributed by atoms with E-state index in [0.717, 1.165) is 16.0 Å². The third-order valence-electron chi connectivity index (χ3n) is 7.87. The largest absolute Gasteiger partial charge is 0.507 e. The first kappa shape index (κ1) is 29.9. The molecule has 6 aromatic rings. The molecule has 7 rings (SSSR count). The summed E-state index contributed by atoms with van der Waals surface area (Å²) in [7, 11) is 0. The molecule has 4 aromatic carbocycles. The molecule has 46 heavy (non-hydrogen) atoms. The van der Waals surface area contributed by atoms with Gasteiger partial charge in [-0.05, 0) is 70.1 Å². The minimum Gasteiger partial charge on any atom is -0.507 e. The van der Waals surface area contributed by atoms with E-state index in [4.69, 9.17) is 4.74 Å². The first-order valence-corrected chi connectivity index (χ1v) is 17.2. The molecule has 0 radical (unpaired) electrons. The number of anilines is 1. The van der Waals surface area contributed by atoms with Crippen LogP contribution in [0.4, 0.5) is 5.13 Å². The fourth-order valence-corrected chi connectivity index (χ4v) is 8.15. The molecule has 1 amide bonds. The zero-order valence-corrected chi connectivity index (χ0v) is 27.1. The Morgan fingerprint density at radius 3 is 2.46 bits per heavy atom. The van der Waals surface area contributed by atoms with Gasteiger partial charge in [-0.2, -0.15) is 0 Å². The maximum Gasteiger partial charge on any atom is 0.301 e. The highest BCUT2D eigenvalue weighted by molar-refractivity contribution is 8.00. The number of hydrogen-bond acceptors (Lipinski definition) is 9. The van der Waals surface area contributed by atoms with Crippen molar-refractivity contribution in [2.45, 2.75) is 29.7 Å². The number of carbonyl (C=O) groups excluding carboxylic acids is 2. The van der Waals surface area contributed by atoms with Gasteiger partial charge in [-0.1, -0.05) is 95.9 Å². The number of fused-ring (bicyclic) bond motifs is 1. The molecule has 1 atom stereocenters. The van der Waals surface area contributed by atoms with E-state index in [-0.39, 0.29) is 11.3 Å². The van der Waals surface area contributed by atoms with E-state index < -0.39 is 17.7 Å². The van der Waals surface area contributed by atoms with Crippen molar-refractivity contribution in [1.82, 2.24) is 10.2 Å². The van der Waals surface area contributed by atoms with Gasteiger partial charge in [-0.25, -0.2) is 0 Å². The maximum absolute atomic E-state index is 13.5. The van der Waals surface area contributed by atoms with Gasteiger partial charge >= 0.3 is 5.91 Å². The summed E-state index contributed by atoms with van der Waals surface area (Å²) in [6, 6.07) is 32.2. The third kappa shape index (κ3) is 5.82. The predicted molar refractivity (Wildman–Crippen MR) is 184 cm³/mol. The number of aliphatic hydroxyl groups excluding tert-OH is 1. The van der Waals surface area contributed by atoms with Crippen molar-refractivity contribution >= 4 is 67.8 Å². The first-order chi connectivity index (χ1) is 22.5. The van der Waals surface area contributed by atoms with E-state index in [9.17, 15) is 14.7 Å². The number of aliphatic hydroxyl groups is 1. The molecule has 3 heterocycles. The normalized spacial score (nSPS) is 15.9. The van der Waals surface area contributed by atoms with E-state index in [1.54, 1.807) is 24.3 Å². The molecule has 10 heteroatoms. The SMILES string of the molecule is Cc1ccccc1COc1ccc(C(O)=C2C(=O)C(=O)N(c3nnc(SCc4cccc5ccccc45)s3)C2c2cccs2)cc1. The smallest absolute Gasteiger partial charge is 0.301 e. The molecule has 1 unspecified atom stereocenters. The summed E-state index contributed by atoms with van der Waals surface area (Å²) in [4.78, 5) is 29.2.